The van der Waals surface area contributed by atoms with E-state index >= 15 is 0 Å². The van der Waals surface area contributed by atoms with Crippen LogP contribution >= 0.6 is 15.9 Å². The molecule has 0 saturated heterocycles. The van der Waals surface area contributed by atoms with Crippen LogP contribution in [0.4, 0.5) is 0 Å². The van der Waals surface area contributed by atoms with E-state index in [2.05, 4.69) is 26.0 Å². The number of aryl methyl sites for hydroxylation is 1. The number of carbonyl (C=O) groups excluding carboxylic acids is 1. The Labute approximate surface area is 134 Å². The van der Waals surface area contributed by atoms with Crippen molar-refractivity contribution in [2.45, 2.75) is 32.1 Å². The zero-order valence-electron chi connectivity index (χ0n) is 12.4. The van der Waals surface area contributed by atoms with Gasteiger partial charge in [0.05, 0.1) is 4.90 Å². The molecular weight excluding hydrogens is 356 g/mol. The summed E-state index contributed by atoms with van der Waals surface area (Å²) in [6, 6.07) is 5.01. The number of hydrogen-bond donors (Lipinski definition) is 2. The van der Waals surface area contributed by atoms with E-state index in [0.717, 1.165) is 5.56 Å². The number of rotatable bonds is 7. The van der Waals surface area contributed by atoms with Crippen molar-refractivity contribution in [1.29, 1.82) is 0 Å². The van der Waals surface area contributed by atoms with E-state index in [0.29, 0.717) is 16.9 Å². The molecule has 0 radical (unpaired) electrons. The second kappa shape index (κ2) is 7.91. The molecule has 0 aliphatic heterocycles. The second-order valence-electron chi connectivity index (χ2n) is 5.28. The number of amides is 1. The molecule has 2 N–H and O–H groups in total. The van der Waals surface area contributed by atoms with Crippen LogP contribution in [0.3, 0.4) is 0 Å². The van der Waals surface area contributed by atoms with Crippen molar-refractivity contribution in [2.75, 3.05) is 13.1 Å². The number of sulfonamides is 1. The molecule has 1 aromatic carbocycles. The quantitative estimate of drug-likeness (QED) is 0.765. The van der Waals surface area contributed by atoms with Crippen LogP contribution in [0.1, 0.15) is 25.8 Å². The summed E-state index contributed by atoms with van der Waals surface area (Å²) in [5.74, 6) is 0.212. The van der Waals surface area contributed by atoms with E-state index in [-0.39, 0.29) is 23.8 Å². The maximum atomic E-state index is 12.1. The van der Waals surface area contributed by atoms with Crippen molar-refractivity contribution in [2.24, 2.45) is 5.92 Å². The van der Waals surface area contributed by atoms with Crippen molar-refractivity contribution in [3.8, 4) is 0 Å². The van der Waals surface area contributed by atoms with Crippen LogP contribution in [0.5, 0.6) is 0 Å². The van der Waals surface area contributed by atoms with Gasteiger partial charge < -0.3 is 5.32 Å². The van der Waals surface area contributed by atoms with E-state index in [9.17, 15) is 13.2 Å². The summed E-state index contributed by atoms with van der Waals surface area (Å²) in [7, 11) is -3.61. The average Bonchev–Trinajstić information content (AvgIpc) is 2.35. The smallest absolute Gasteiger partial charge is 0.241 e. The maximum absolute atomic E-state index is 12.1. The van der Waals surface area contributed by atoms with Gasteiger partial charge in [0.25, 0.3) is 0 Å². The summed E-state index contributed by atoms with van der Waals surface area (Å²) >= 11 is 3.25. The Morgan fingerprint density at radius 1 is 1.33 bits per heavy atom. The Bertz CT molecular complexity index is 600. The van der Waals surface area contributed by atoms with E-state index in [4.69, 9.17) is 0 Å². The maximum Gasteiger partial charge on any atom is 0.241 e. The first-order chi connectivity index (χ1) is 9.72. The molecule has 0 unspecified atom stereocenters. The minimum atomic E-state index is -3.61. The number of benzene rings is 1. The highest BCUT2D eigenvalue weighted by molar-refractivity contribution is 9.10. The minimum absolute atomic E-state index is 0.0760. The lowest BCUT2D eigenvalue weighted by molar-refractivity contribution is -0.121. The fourth-order valence-corrected chi connectivity index (χ4v) is 3.83. The zero-order valence-corrected chi connectivity index (χ0v) is 14.8. The van der Waals surface area contributed by atoms with E-state index in [1.54, 1.807) is 18.2 Å². The van der Waals surface area contributed by atoms with E-state index < -0.39 is 10.0 Å². The van der Waals surface area contributed by atoms with Gasteiger partial charge in [0.2, 0.25) is 15.9 Å². The molecule has 1 aromatic rings. The monoisotopic (exact) mass is 376 g/mol. The first kappa shape index (κ1) is 18.1. The largest absolute Gasteiger partial charge is 0.356 e. The molecule has 1 rings (SSSR count). The van der Waals surface area contributed by atoms with Crippen molar-refractivity contribution >= 4 is 31.9 Å². The lowest BCUT2D eigenvalue weighted by Crippen LogP contribution is -2.32. The van der Waals surface area contributed by atoms with Gasteiger partial charge in [-0.2, -0.15) is 0 Å². The number of halogens is 1. The predicted octanol–water partition coefficient (Wildman–Crippen LogP) is 2.20. The van der Waals surface area contributed by atoms with Gasteiger partial charge in [0, 0.05) is 24.0 Å². The topological polar surface area (TPSA) is 75.3 Å². The van der Waals surface area contributed by atoms with Crippen LogP contribution < -0.4 is 10.0 Å². The molecule has 0 aromatic heterocycles. The molecule has 118 valence electrons. The van der Waals surface area contributed by atoms with Gasteiger partial charge in [-0.1, -0.05) is 19.9 Å². The summed E-state index contributed by atoms with van der Waals surface area (Å²) in [6.45, 7) is 6.55. The van der Waals surface area contributed by atoms with Crippen molar-refractivity contribution in [1.82, 2.24) is 10.0 Å². The second-order valence-corrected chi connectivity index (χ2v) is 7.87. The van der Waals surface area contributed by atoms with Crippen LogP contribution in [-0.2, 0) is 14.8 Å². The first-order valence-corrected chi connectivity index (χ1v) is 9.02. The molecule has 0 aliphatic rings. The zero-order chi connectivity index (χ0) is 16.0. The van der Waals surface area contributed by atoms with E-state index in [1.165, 1.54) is 0 Å². The summed E-state index contributed by atoms with van der Waals surface area (Å²) < 4.78 is 27.2. The third-order valence-corrected chi connectivity index (χ3v) is 5.17. The van der Waals surface area contributed by atoms with Crippen molar-refractivity contribution in [3.05, 3.63) is 28.2 Å². The van der Waals surface area contributed by atoms with Gasteiger partial charge in [-0.3, -0.25) is 4.79 Å². The predicted molar refractivity (Wildman–Crippen MR) is 86.5 cm³/mol. The highest BCUT2D eigenvalue weighted by atomic mass is 79.9. The lowest BCUT2D eigenvalue weighted by Gasteiger charge is -2.10. The first-order valence-electron chi connectivity index (χ1n) is 6.75. The third kappa shape index (κ3) is 6.15. The van der Waals surface area contributed by atoms with E-state index in [1.807, 2.05) is 20.8 Å². The summed E-state index contributed by atoms with van der Waals surface area (Å²) in [6.07, 6.45) is 0.120. The van der Waals surface area contributed by atoms with Gasteiger partial charge in [-0.25, -0.2) is 13.1 Å². The molecule has 0 saturated carbocycles. The van der Waals surface area contributed by atoms with Gasteiger partial charge in [0.1, 0.15) is 0 Å². The molecule has 5 nitrogen and oxygen atoms in total. The van der Waals surface area contributed by atoms with Crippen LogP contribution in [0.2, 0.25) is 0 Å². The Kier molecular flexibility index (Phi) is 6.83. The Hall–Kier alpha value is -0.920. The van der Waals surface area contributed by atoms with Gasteiger partial charge in [0.15, 0.2) is 0 Å². The summed E-state index contributed by atoms with van der Waals surface area (Å²) in [4.78, 5) is 11.7. The Balaban J connectivity index is 2.56. The molecule has 0 bridgehead atoms. The molecule has 7 heteroatoms. The fraction of sp³-hybridized carbons (Fsp3) is 0.500. The molecule has 0 spiro atoms. The van der Waals surface area contributed by atoms with Crippen molar-refractivity contribution in [3.63, 3.8) is 0 Å². The molecule has 0 fully saturated rings. The van der Waals surface area contributed by atoms with Gasteiger partial charge >= 0.3 is 0 Å². The molecule has 0 atom stereocenters. The average molecular weight is 377 g/mol. The minimum Gasteiger partial charge on any atom is -0.356 e. The molecule has 0 aliphatic carbocycles. The highest BCUT2D eigenvalue weighted by Gasteiger charge is 2.17. The molecular formula is C14H21BrN2O3S. The molecule has 21 heavy (non-hydrogen) atoms. The Morgan fingerprint density at radius 3 is 2.57 bits per heavy atom. The van der Waals surface area contributed by atoms with Crippen molar-refractivity contribution < 1.29 is 13.2 Å². The number of carbonyl (C=O) groups is 1. The summed E-state index contributed by atoms with van der Waals surface area (Å²) in [5, 5.41) is 2.74. The van der Waals surface area contributed by atoms with Crippen LogP contribution in [0, 0.1) is 12.8 Å². The lowest BCUT2D eigenvalue weighted by atomic mass is 10.2. The van der Waals surface area contributed by atoms with Gasteiger partial charge in [-0.05, 0) is 46.5 Å². The standard InChI is InChI=1S/C14H21BrN2O3S/c1-10(2)9-16-14(18)6-7-17-21(19,20)13-5-4-11(3)8-12(13)15/h4-5,8,10,17H,6-7,9H2,1-3H3,(H,16,18). The normalized spacial score (nSPS) is 11.7. The SMILES string of the molecule is Cc1ccc(S(=O)(=O)NCCC(=O)NCC(C)C)c(Br)c1. The number of hydrogen-bond acceptors (Lipinski definition) is 3. The van der Waals surface area contributed by atoms with Crippen LogP contribution in [0.25, 0.3) is 0 Å². The highest BCUT2D eigenvalue weighted by Crippen LogP contribution is 2.22. The Morgan fingerprint density at radius 2 is 2.00 bits per heavy atom. The fourth-order valence-electron chi connectivity index (χ4n) is 1.61. The van der Waals surface area contributed by atoms with Crippen LogP contribution in [-0.4, -0.2) is 27.4 Å². The number of nitrogens with one attached hydrogen (secondary N) is 2. The third-order valence-electron chi connectivity index (χ3n) is 2.73. The van der Waals surface area contributed by atoms with Crippen LogP contribution in [0.15, 0.2) is 27.6 Å². The molecule has 0 heterocycles. The molecule has 1 amide bonds. The van der Waals surface area contributed by atoms with Gasteiger partial charge in [-0.15, -0.1) is 0 Å². The summed E-state index contributed by atoms with van der Waals surface area (Å²) in [5.41, 5.74) is 0.967.